The summed E-state index contributed by atoms with van der Waals surface area (Å²) in [6.07, 6.45) is 2.91. The van der Waals surface area contributed by atoms with Crippen molar-refractivity contribution in [2.24, 2.45) is 12.8 Å². The number of aliphatic hydroxyl groups excluding tert-OH is 1. The molecule has 2 aromatic heterocycles. The van der Waals surface area contributed by atoms with E-state index < -0.39 is 0 Å². The van der Waals surface area contributed by atoms with E-state index in [0.29, 0.717) is 36.2 Å². The van der Waals surface area contributed by atoms with E-state index in [1.165, 1.54) is 16.5 Å². The number of anilines is 1. The third-order valence-corrected chi connectivity index (χ3v) is 4.21. The lowest BCUT2D eigenvalue weighted by molar-refractivity contribution is 0.292. The van der Waals surface area contributed by atoms with Crippen LogP contribution in [0.5, 0.6) is 0 Å². The number of hydrogen-bond acceptors (Lipinski definition) is 6. The van der Waals surface area contributed by atoms with Gasteiger partial charge in [0.2, 0.25) is 0 Å². The summed E-state index contributed by atoms with van der Waals surface area (Å²) < 4.78 is 1.43. The minimum Gasteiger partial charge on any atom is -0.396 e. The molecule has 0 radical (unpaired) electrons. The van der Waals surface area contributed by atoms with Crippen LogP contribution in [0.25, 0.3) is 22.2 Å². The van der Waals surface area contributed by atoms with E-state index in [9.17, 15) is 4.79 Å². The molecule has 0 atom stereocenters. The smallest absolute Gasteiger partial charge is 0.264 e. The molecular formula is C19H23N5O2. The van der Waals surface area contributed by atoms with Crippen LogP contribution in [-0.2, 0) is 13.5 Å². The third-order valence-electron chi connectivity index (χ3n) is 4.21. The molecular weight excluding hydrogens is 330 g/mol. The molecule has 7 nitrogen and oxygen atoms in total. The predicted octanol–water partition coefficient (Wildman–Crippen LogP) is 1.29. The van der Waals surface area contributed by atoms with Gasteiger partial charge in [0.15, 0.2) is 0 Å². The van der Waals surface area contributed by atoms with Crippen molar-refractivity contribution in [3.63, 3.8) is 0 Å². The lowest BCUT2D eigenvalue weighted by Crippen LogP contribution is -2.19. The molecule has 2 heterocycles. The maximum absolute atomic E-state index is 12.5. The number of aromatic nitrogens is 3. The van der Waals surface area contributed by atoms with Gasteiger partial charge in [0.1, 0.15) is 11.2 Å². The normalized spacial score (nSPS) is 11.0. The van der Waals surface area contributed by atoms with Crippen LogP contribution < -0.4 is 16.6 Å². The van der Waals surface area contributed by atoms with Gasteiger partial charge >= 0.3 is 0 Å². The summed E-state index contributed by atoms with van der Waals surface area (Å²) >= 11 is 0. The summed E-state index contributed by atoms with van der Waals surface area (Å²) in [5, 5.41) is 12.6. The van der Waals surface area contributed by atoms with Crippen LogP contribution in [0.2, 0.25) is 0 Å². The van der Waals surface area contributed by atoms with Gasteiger partial charge in [-0.05, 0) is 31.0 Å². The van der Waals surface area contributed by atoms with Crippen molar-refractivity contribution in [3.8, 4) is 11.3 Å². The molecule has 0 aliphatic rings. The van der Waals surface area contributed by atoms with E-state index in [4.69, 9.17) is 10.8 Å². The molecule has 0 amide bonds. The van der Waals surface area contributed by atoms with Crippen LogP contribution in [0, 0.1) is 0 Å². The molecule has 4 N–H and O–H groups in total. The van der Waals surface area contributed by atoms with Crippen molar-refractivity contribution in [3.05, 3.63) is 52.6 Å². The van der Waals surface area contributed by atoms with Gasteiger partial charge in [-0.1, -0.05) is 24.3 Å². The lowest BCUT2D eigenvalue weighted by atomic mass is 10.1. The molecule has 0 spiro atoms. The molecule has 0 saturated carbocycles. The molecule has 0 saturated heterocycles. The second kappa shape index (κ2) is 8.07. The highest BCUT2D eigenvalue weighted by atomic mass is 16.3. The van der Waals surface area contributed by atoms with E-state index in [1.54, 1.807) is 7.05 Å². The quantitative estimate of drug-likeness (QED) is 0.553. The van der Waals surface area contributed by atoms with Crippen molar-refractivity contribution >= 4 is 16.7 Å². The van der Waals surface area contributed by atoms with E-state index in [1.807, 2.05) is 30.3 Å². The summed E-state index contributed by atoms with van der Waals surface area (Å²) in [7, 11) is 1.66. The van der Waals surface area contributed by atoms with E-state index in [0.717, 1.165) is 17.7 Å². The summed E-state index contributed by atoms with van der Waals surface area (Å²) in [5.41, 5.74) is 8.89. The summed E-state index contributed by atoms with van der Waals surface area (Å²) in [6.45, 7) is 1.21. The van der Waals surface area contributed by atoms with Gasteiger partial charge in [-0.25, -0.2) is 9.97 Å². The van der Waals surface area contributed by atoms with Crippen LogP contribution in [0.4, 0.5) is 5.82 Å². The van der Waals surface area contributed by atoms with Crippen LogP contribution >= 0.6 is 0 Å². The zero-order valence-electron chi connectivity index (χ0n) is 14.8. The number of fused-ring (bicyclic) bond motifs is 1. The Morgan fingerprint density at radius 1 is 1.27 bits per heavy atom. The van der Waals surface area contributed by atoms with E-state index in [2.05, 4.69) is 15.3 Å². The Labute approximate surface area is 151 Å². The number of benzene rings is 1. The number of nitrogens with zero attached hydrogens (tertiary/aromatic N) is 3. The fraction of sp³-hybridized carbons (Fsp3) is 0.316. The van der Waals surface area contributed by atoms with Gasteiger partial charge in [0, 0.05) is 25.8 Å². The second-order valence-electron chi connectivity index (χ2n) is 6.15. The largest absolute Gasteiger partial charge is 0.396 e. The molecule has 3 aromatic rings. The third kappa shape index (κ3) is 3.74. The SMILES string of the molecule is Cn1cnc2cc(-c3ccc(CCN)cc3)nc(NCCCO)c2c1=O. The second-order valence-corrected chi connectivity index (χ2v) is 6.15. The van der Waals surface area contributed by atoms with Gasteiger partial charge in [0.05, 0.1) is 17.5 Å². The minimum absolute atomic E-state index is 0.0729. The molecule has 7 heteroatoms. The molecule has 0 unspecified atom stereocenters. The number of rotatable bonds is 7. The maximum Gasteiger partial charge on any atom is 0.264 e. The van der Waals surface area contributed by atoms with Crippen LogP contribution in [0.15, 0.2) is 41.5 Å². The fourth-order valence-corrected chi connectivity index (χ4v) is 2.79. The predicted molar refractivity (Wildman–Crippen MR) is 103 cm³/mol. The number of nitrogens with one attached hydrogen (secondary N) is 1. The fourth-order valence-electron chi connectivity index (χ4n) is 2.79. The molecule has 0 fully saturated rings. The summed E-state index contributed by atoms with van der Waals surface area (Å²) in [6, 6.07) is 9.89. The molecule has 0 aliphatic carbocycles. The van der Waals surface area contributed by atoms with Crippen LogP contribution in [0.1, 0.15) is 12.0 Å². The molecule has 26 heavy (non-hydrogen) atoms. The van der Waals surface area contributed by atoms with Crippen molar-refractivity contribution in [2.45, 2.75) is 12.8 Å². The number of aliphatic hydroxyl groups is 1. The average molecular weight is 353 g/mol. The Bertz CT molecular complexity index is 951. The molecule has 3 rings (SSSR count). The van der Waals surface area contributed by atoms with Gasteiger partial charge < -0.3 is 20.7 Å². The van der Waals surface area contributed by atoms with Crippen LogP contribution in [0.3, 0.4) is 0 Å². The average Bonchev–Trinajstić information content (AvgIpc) is 2.65. The van der Waals surface area contributed by atoms with Gasteiger partial charge in [-0.15, -0.1) is 0 Å². The Hall–Kier alpha value is -2.77. The summed E-state index contributed by atoms with van der Waals surface area (Å²) in [4.78, 5) is 21.6. The molecule has 0 bridgehead atoms. The number of nitrogens with two attached hydrogens (primary N) is 1. The van der Waals surface area contributed by atoms with Crippen molar-refractivity contribution in [2.75, 3.05) is 25.0 Å². The van der Waals surface area contributed by atoms with E-state index >= 15 is 0 Å². The van der Waals surface area contributed by atoms with Crippen LogP contribution in [-0.4, -0.2) is 39.3 Å². The minimum atomic E-state index is -0.154. The maximum atomic E-state index is 12.5. The molecule has 136 valence electrons. The van der Waals surface area contributed by atoms with Crippen molar-refractivity contribution < 1.29 is 5.11 Å². The Morgan fingerprint density at radius 3 is 2.73 bits per heavy atom. The Morgan fingerprint density at radius 2 is 2.04 bits per heavy atom. The lowest BCUT2D eigenvalue weighted by Gasteiger charge is -2.11. The monoisotopic (exact) mass is 353 g/mol. The van der Waals surface area contributed by atoms with Gasteiger partial charge in [0.25, 0.3) is 5.56 Å². The van der Waals surface area contributed by atoms with Crippen molar-refractivity contribution in [1.29, 1.82) is 0 Å². The van der Waals surface area contributed by atoms with Crippen molar-refractivity contribution in [1.82, 2.24) is 14.5 Å². The highest BCUT2D eigenvalue weighted by molar-refractivity contribution is 5.91. The van der Waals surface area contributed by atoms with E-state index in [-0.39, 0.29) is 12.2 Å². The zero-order valence-corrected chi connectivity index (χ0v) is 14.8. The van der Waals surface area contributed by atoms with Gasteiger partial charge in [-0.3, -0.25) is 4.79 Å². The highest BCUT2D eigenvalue weighted by Crippen LogP contribution is 2.25. The summed E-state index contributed by atoms with van der Waals surface area (Å²) in [5.74, 6) is 0.491. The first-order valence-corrected chi connectivity index (χ1v) is 8.64. The number of hydrogen-bond donors (Lipinski definition) is 3. The Balaban J connectivity index is 2.08. The van der Waals surface area contributed by atoms with Gasteiger partial charge in [-0.2, -0.15) is 0 Å². The number of aryl methyl sites for hydroxylation is 1. The standard InChI is InChI=1S/C19H23N5O2/c1-24-12-22-16-11-15(14-5-3-13(4-6-14)7-8-20)23-18(17(16)19(24)26)21-9-2-10-25/h3-6,11-12,25H,2,7-10,20H2,1H3,(H,21,23). The molecule has 0 aliphatic heterocycles. The topological polar surface area (TPSA) is 106 Å². The highest BCUT2D eigenvalue weighted by Gasteiger charge is 2.13. The Kier molecular flexibility index (Phi) is 5.60. The zero-order chi connectivity index (χ0) is 18.5. The first kappa shape index (κ1) is 18.0. The first-order valence-electron chi connectivity index (χ1n) is 8.64. The number of pyridine rings is 1. The molecule has 1 aromatic carbocycles. The first-order chi connectivity index (χ1) is 12.6.